The monoisotopic (exact) mass is 265 g/mol. The van der Waals surface area contributed by atoms with Gasteiger partial charge in [0.1, 0.15) is 0 Å². The molecule has 106 valence electrons. The van der Waals surface area contributed by atoms with Crippen molar-refractivity contribution < 1.29 is 14.9 Å². The molecule has 19 heavy (non-hydrogen) atoms. The maximum absolute atomic E-state index is 9.62. The summed E-state index contributed by atoms with van der Waals surface area (Å²) in [6.45, 7) is 7.84. The van der Waals surface area contributed by atoms with Crippen LogP contribution >= 0.6 is 0 Å². The summed E-state index contributed by atoms with van der Waals surface area (Å²) in [7, 11) is 0. The molecule has 1 aliphatic rings. The highest BCUT2D eigenvalue weighted by Gasteiger charge is 2.26. The summed E-state index contributed by atoms with van der Waals surface area (Å²) in [4.78, 5) is 2.39. The van der Waals surface area contributed by atoms with Crippen molar-refractivity contribution in [3.05, 3.63) is 23.3 Å². The predicted octanol–water partition coefficient (Wildman–Crippen LogP) is 2.79. The van der Waals surface area contributed by atoms with Gasteiger partial charge < -0.3 is 19.8 Å². The van der Waals surface area contributed by atoms with Gasteiger partial charge in [-0.25, -0.2) is 0 Å². The van der Waals surface area contributed by atoms with Crippen molar-refractivity contribution in [1.29, 1.82) is 0 Å². The average molecular weight is 265 g/mol. The largest absolute Gasteiger partial charge is 0.504 e. The Morgan fingerprint density at radius 3 is 2.42 bits per heavy atom. The van der Waals surface area contributed by atoms with E-state index >= 15 is 0 Å². The van der Waals surface area contributed by atoms with E-state index < -0.39 is 0 Å². The summed E-state index contributed by atoms with van der Waals surface area (Å²) in [5.74, 6) is -0.131. The van der Waals surface area contributed by atoms with Gasteiger partial charge in [0, 0.05) is 6.54 Å². The van der Waals surface area contributed by atoms with Gasteiger partial charge in [0.05, 0.1) is 12.7 Å². The van der Waals surface area contributed by atoms with Crippen LogP contribution in [0.25, 0.3) is 0 Å². The number of benzene rings is 1. The molecule has 4 heteroatoms. The number of nitrogens with zero attached hydrogens (tertiary/aromatic N) is 1. The zero-order valence-electron chi connectivity index (χ0n) is 11.7. The maximum atomic E-state index is 9.62. The Bertz CT molecular complexity index is 428. The lowest BCUT2D eigenvalue weighted by atomic mass is 10.0. The Morgan fingerprint density at radius 2 is 1.79 bits per heavy atom. The van der Waals surface area contributed by atoms with Crippen LogP contribution in [0.5, 0.6) is 11.5 Å². The second kappa shape index (κ2) is 6.26. The molecule has 1 aliphatic heterocycles. The molecule has 0 amide bonds. The smallest absolute Gasteiger partial charge is 0.157 e. The molecule has 1 aromatic carbocycles. The van der Waals surface area contributed by atoms with Gasteiger partial charge >= 0.3 is 0 Å². The molecule has 4 nitrogen and oxygen atoms in total. The van der Waals surface area contributed by atoms with Crippen molar-refractivity contribution in [2.75, 3.05) is 19.6 Å². The standard InChI is InChI=1S/C15H23NO3/c1-3-5-16(6-4-2)9-15-12-8-14(18)13(17)7-11(12)10-19-15/h7-8,15,17-18H,3-6,9-10H2,1-2H3. The highest BCUT2D eigenvalue weighted by Crippen LogP contribution is 2.38. The van der Waals surface area contributed by atoms with E-state index in [0.29, 0.717) is 6.61 Å². The first-order chi connectivity index (χ1) is 9.15. The first kappa shape index (κ1) is 14.2. The van der Waals surface area contributed by atoms with E-state index in [0.717, 1.165) is 43.6 Å². The first-order valence-corrected chi connectivity index (χ1v) is 7.04. The van der Waals surface area contributed by atoms with Gasteiger partial charge in [-0.3, -0.25) is 0 Å². The molecule has 0 bridgehead atoms. The highest BCUT2D eigenvalue weighted by molar-refractivity contribution is 5.47. The predicted molar refractivity (Wildman–Crippen MR) is 74.3 cm³/mol. The van der Waals surface area contributed by atoms with Gasteiger partial charge in [-0.1, -0.05) is 13.8 Å². The van der Waals surface area contributed by atoms with E-state index in [1.807, 2.05) is 0 Å². The number of aromatic hydroxyl groups is 2. The molecule has 1 unspecified atom stereocenters. The van der Waals surface area contributed by atoms with E-state index in [2.05, 4.69) is 18.7 Å². The van der Waals surface area contributed by atoms with Crippen molar-refractivity contribution >= 4 is 0 Å². The topological polar surface area (TPSA) is 52.9 Å². The fraction of sp³-hybridized carbons (Fsp3) is 0.600. The maximum Gasteiger partial charge on any atom is 0.157 e. The highest BCUT2D eigenvalue weighted by atomic mass is 16.5. The van der Waals surface area contributed by atoms with Gasteiger partial charge in [0.15, 0.2) is 11.5 Å². The third kappa shape index (κ3) is 3.19. The molecule has 2 rings (SSSR count). The van der Waals surface area contributed by atoms with Crippen LogP contribution in [0.15, 0.2) is 12.1 Å². The Labute approximate surface area is 114 Å². The number of fused-ring (bicyclic) bond motifs is 1. The fourth-order valence-corrected chi connectivity index (χ4v) is 2.65. The van der Waals surface area contributed by atoms with E-state index in [1.165, 1.54) is 0 Å². The zero-order valence-corrected chi connectivity index (χ0v) is 11.7. The van der Waals surface area contributed by atoms with Gasteiger partial charge in [0.2, 0.25) is 0 Å². The fourth-order valence-electron chi connectivity index (χ4n) is 2.65. The van der Waals surface area contributed by atoms with Gasteiger partial charge in [0.25, 0.3) is 0 Å². The zero-order chi connectivity index (χ0) is 13.8. The van der Waals surface area contributed by atoms with Crippen molar-refractivity contribution in [1.82, 2.24) is 4.90 Å². The molecule has 1 aromatic rings. The molecule has 0 radical (unpaired) electrons. The van der Waals surface area contributed by atoms with E-state index in [4.69, 9.17) is 4.74 Å². The molecule has 0 saturated carbocycles. The molecule has 0 aromatic heterocycles. The number of phenolic OH excluding ortho intramolecular Hbond substituents is 2. The molecule has 0 aliphatic carbocycles. The lowest BCUT2D eigenvalue weighted by Crippen LogP contribution is -2.30. The van der Waals surface area contributed by atoms with Crippen LogP contribution in [0.3, 0.4) is 0 Å². The van der Waals surface area contributed by atoms with Crippen LogP contribution in [0.2, 0.25) is 0 Å². The van der Waals surface area contributed by atoms with E-state index in [-0.39, 0.29) is 17.6 Å². The summed E-state index contributed by atoms with van der Waals surface area (Å²) in [6, 6.07) is 3.24. The van der Waals surface area contributed by atoms with Crippen LogP contribution in [-0.4, -0.2) is 34.7 Å². The van der Waals surface area contributed by atoms with Crippen LogP contribution < -0.4 is 0 Å². The Morgan fingerprint density at radius 1 is 1.16 bits per heavy atom. The third-order valence-corrected chi connectivity index (χ3v) is 3.53. The SMILES string of the molecule is CCCN(CCC)CC1OCc2cc(O)c(O)cc21. The van der Waals surface area contributed by atoms with Gasteiger partial charge in [-0.2, -0.15) is 0 Å². The second-order valence-electron chi connectivity index (χ2n) is 5.14. The molecular formula is C15H23NO3. The number of hydrogen-bond acceptors (Lipinski definition) is 4. The summed E-state index contributed by atoms with van der Waals surface area (Å²) >= 11 is 0. The van der Waals surface area contributed by atoms with E-state index in [1.54, 1.807) is 12.1 Å². The summed E-state index contributed by atoms with van der Waals surface area (Å²) in [6.07, 6.45) is 2.25. The number of ether oxygens (including phenoxy) is 1. The normalized spacial score (nSPS) is 17.9. The van der Waals surface area contributed by atoms with Crippen molar-refractivity contribution in [2.24, 2.45) is 0 Å². The lowest BCUT2D eigenvalue weighted by Gasteiger charge is -2.24. The molecule has 1 heterocycles. The molecule has 2 N–H and O–H groups in total. The average Bonchev–Trinajstić information content (AvgIpc) is 2.73. The minimum Gasteiger partial charge on any atom is -0.504 e. The van der Waals surface area contributed by atoms with Crippen LogP contribution in [0.4, 0.5) is 0 Å². The Balaban J connectivity index is 2.10. The Hall–Kier alpha value is -1.26. The number of phenols is 2. The van der Waals surface area contributed by atoms with Crippen LogP contribution in [-0.2, 0) is 11.3 Å². The molecule has 0 spiro atoms. The second-order valence-corrected chi connectivity index (χ2v) is 5.14. The molecule has 1 atom stereocenters. The summed E-state index contributed by atoms with van der Waals surface area (Å²) in [5, 5.41) is 19.1. The van der Waals surface area contributed by atoms with E-state index in [9.17, 15) is 10.2 Å². The van der Waals surface area contributed by atoms with Crippen molar-refractivity contribution in [2.45, 2.75) is 39.4 Å². The van der Waals surface area contributed by atoms with Gasteiger partial charge in [-0.05, 0) is 49.2 Å². The number of rotatable bonds is 6. The quantitative estimate of drug-likeness (QED) is 0.777. The van der Waals surface area contributed by atoms with Crippen LogP contribution in [0, 0.1) is 0 Å². The molecule has 0 fully saturated rings. The molecule has 0 saturated heterocycles. The lowest BCUT2D eigenvalue weighted by molar-refractivity contribution is 0.0364. The minimum absolute atomic E-state index is 0.000370. The third-order valence-electron chi connectivity index (χ3n) is 3.53. The summed E-state index contributed by atoms with van der Waals surface area (Å²) in [5.41, 5.74) is 1.99. The first-order valence-electron chi connectivity index (χ1n) is 7.04. The van der Waals surface area contributed by atoms with Gasteiger partial charge in [-0.15, -0.1) is 0 Å². The number of hydrogen-bond donors (Lipinski definition) is 2. The summed E-state index contributed by atoms with van der Waals surface area (Å²) < 4.78 is 5.79. The van der Waals surface area contributed by atoms with Crippen molar-refractivity contribution in [3.8, 4) is 11.5 Å². The molecular weight excluding hydrogens is 242 g/mol. The Kier molecular flexibility index (Phi) is 4.66. The van der Waals surface area contributed by atoms with Crippen LogP contribution in [0.1, 0.15) is 43.9 Å². The van der Waals surface area contributed by atoms with Crippen molar-refractivity contribution in [3.63, 3.8) is 0 Å². The minimum atomic E-state index is -0.0676.